The van der Waals surface area contributed by atoms with E-state index in [-0.39, 0.29) is 0 Å². The minimum absolute atomic E-state index is 0.679. The second-order valence-electron chi connectivity index (χ2n) is 5.51. The third kappa shape index (κ3) is 1.83. The number of halogens is 1. The van der Waals surface area contributed by atoms with Crippen molar-refractivity contribution in [2.75, 3.05) is 32.7 Å². The first kappa shape index (κ1) is 10.7. The molecule has 0 radical (unpaired) electrons. The summed E-state index contributed by atoms with van der Waals surface area (Å²) in [5.41, 5.74) is 0.679. The molecular formula is C11H20IN3. The summed E-state index contributed by atoms with van der Waals surface area (Å²) in [7, 11) is 0. The monoisotopic (exact) mass is 321 g/mol. The van der Waals surface area contributed by atoms with Crippen LogP contribution in [0.2, 0.25) is 0 Å². The normalized spacial score (nSPS) is 46.8. The van der Waals surface area contributed by atoms with Crippen molar-refractivity contribution in [2.45, 2.75) is 31.8 Å². The van der Waals surface area contributed by atoms with E-state index in [1.54, 1.807) is 0 Å². The van der Waals surface area contributed by atoms with Gasteiger partial charge in [-0.3, -0.25) is 0 Å². The van der Waals surface area contributed by atoms with Crippen LogP contribution in [-0.2, 0) is 0 Å². The average Bonchev–Trinajstić information content (AvgIpc) is 2.86. The molecule has 3 unspecified atom stereocenters. The van der Waals surface area contributed by atoms with Gasteiger partial charge in [-0.25, -0.2) is 3.11 Å². The van der Waals surface area contributed by atoms with Crippen molar-refractivity contribution >= 4 is 22.9 Å². The van der Waals surface area contributed by atoms with Gasteiger partial charge in [-0.1, -0.05) is 0 Å². The Kier molecular flexibility index (Phi) is 2.74. The minimum Gasteiger partial charge on any atom is -0.314 e. The van der Waals surface area contributed by atoms with Gasteiger partial charge in [-0.15, -0.1) is 0 Å². The van der Waals surface area contributed by atoms with E-state index in [1.165, 1.54) is 45.6 Å². The van der Waals surface area contributed by atoms with Crippen LogP contribution in [-0.4, -0.2) is 52.8 Å². The summed E-state index contributed by atoms with van der Waals surface area (Å²) in [5, 5.41) is 3.43. The predicted octanol–water partition coefficient (Wildman–Crippen LogP) is 1.09. The van der Waals surface area contributed by atoms with E-state index in [2.05, 4.69) is 43.1 Å². The predicted molar refractivity (Wildman–Crippen MR) is 70.1 cm³/mol. The van der Waals surface area contributed by atoms with Crippen molar-refractivity contribution in [1.82, 2.24) is 13.3 Å². The Morgan fingerprint density at radius 1 is 1.33 bits per heavy atom. The summed E-state index contributed by atoms with van der Waals surface area (Å²) in [6, 6.07) is 1.69. The largest absolute Gasteiger partial charge is 0.314 e. The van der Waals surface area contributed by atoms with Crippen LogP contribution in [0.25, 0.3) is 0 Å². The Bertz CT molecular complexity index is 254. The van der Waals surface area contributed by atoms with Gasteiger partial charge in [-0.05, 0) is 19.8 Å². The van der Waals surface area contributed by atoms with Gasteiger partial charge in [0.2, 0.25) is 0 Å². The maximum Gasteiger partial charge on any atom is 0.0273 e. The zero-order valence-electron chi connectivity index (χ0n) is 9.38. The zero-order chi connectivity index (χ0) is 10.5. The lowest BCUT2D eigenvalue weighted by Gasteiger charge is -2.30. The Labute approximate surface area is 106 Å². The molecule has 2 aliphatic heterocycles. The molecule has 1 N–H and O–H groups in total. The smallest absolute Gasteiger partial charge is 0.0273 e. The Morgan fingerprint density at radius 2 is 2.07 bits per heavy atom. The van der Waals surface area contributed by atoms with Gasteiger partial charge in [0.1, 0.15) is 0 Å². The number of nitrogens with zero attached hydrogens (tertiary/aromatic N) is 2. The lowest BCUT2D eigenvalue weighted by Crippen LogP contribution is -2.45. The van der Waals surface area contributed by atoms with Crippen molar-refractivity contribution in [1.29, 1.82) is 0 Å². The molecular weight excluding hydrogens is 301 g/mol. The van der Waals surface area contributed by atoms with Crippen LogP contribution >= 0.6 is 22.9 Å². The fraction of sp³-hybridized carbons (Fsp3) is 1.00. The third-order valence-corrected chi connectivity index (χ3v) is 5.94. The van der Waals surface area contributed by atoms with E-state index in [1.807, 2.05) is 0 Å². The topological polar surface area (TPSA) is 18.5 Å². The highest BCUT2D eigenvalue weighted by Gasteiger charge is 2.63. The second-order valence-corrected chi connectivity index (χ2v) is 6.62. The molecule has 4 heteroatoms. The van der Waals surface area contributed by atoms with Crippen LogP contribution in [0.5, 0.6) is 0 Å². The molecule has 0 aromatic carbocycles. The van der Waals surface area contributed by atoms with E-state index in [9.17, 15) is 0 Å². The Hall–Kier alpha value is 0.610. The highest BCUT2D eigenvalue weighted by molar-refractivity contribution is 14.1. The number of piperidine rings is 1. The first-order chi connectivity index (χ1) is 7.21. The molecule has 86 valence electrons. The van der Waals surface area contributed by atoms with Crippen LogP contribution in [0.1, 0.15) is 19.8 Å². The van der Waals surface area contributed by atoms with E-state index >= 15 is 0 Å². The molecule has 3 nitrogen and oxygen atoms in total. The molecule has 0 amide bonds. The van der Waals surface area contributed by atoms with Gasteiger partial charge in [0.05, 0.1) is 0 Å². The first-order valence-corrected chi connectivity index (χ1v) is 7.05. The first-order valence-electron chi connectivity index (χ1n) is 6.08. The van der Waals surface area contributed by atoms with Gasteiger partial charge < -0.3 is 10.2 Å². The number of nitrogens with one attached hydrogen (secondary N) is 1. The quantitative estimate of drug-likeness (QED) is 0.607. The van der Waals surface area contributed by atoms with Gasteiger partial charge >= 0.3 is 0 Å². The lowest BCUT2D eigenvalue weighted by atomic mass is 9.99. The number of rotatable bonds is 2. The molecule has 2 saturated heterocycles. The fourth-order valence-corrected chi connectivity index (χ4v) is 4.41. The lowest BCUT2D eigenvalue weighted by molar-refractivity contribution is 0.194. The van der Waals surface area contributed by atoms with Crippen LogP contribution in [0.3, 0.4) is 0 Å². The fourth-order valence-electron chi connectivity index (χ4n) is 3.43. The summed E-state index contributed by atoms with van der Waals surface area (Å²) in [6.07, 6.45) is 2.87. The van der Waals surface area contributed by atoms with Gasteiger partial charge in [-0.2, -0.15) is 0 Å². The van der Waals surface area contributed by atoms with E-state index in [0.717, 1.165) is 12.1 Å². The third-order valence-electron chi connectivity index (χ3n) is 4.32. The number of fused-ring (bicyclic) bond motifs is 1. The second kappa shape index (κ2) is 3.82. The average molecular weight is 321 g/mol. The number of piperazine rings is 1. The standard InChI is InChI=1S/C11H20IN3/c1-9-6-11(7-10(11)15(9)12)8-14-4-2-13-3-5-14/h9-10,13H,2-8H2,1H3. The van der Waals surface area contributed by atoms with Crippen molar-refractivity contribution in [3.63, 3.8) is 0 Å². The summed E-state index contributed by atoms with van der Waals surface area (Å²) in [4.78, 5) is 2.67. The highest BCUT2D eigenvalue weighted by atomic mass is 127. The molecule has 0 aromatic heterocycles. The molecule has 2 heterocycles. The Morgan fingerprint density at radius 3 is 2.67 bits per heavy atom. The van der Waals surface area contributed by atoms with Crippen LogP contribution < -0.4 is 5.32 Å². The van der Waals surface area contributed by atoms with Crippen molar-refractivity contribution < 1.29 is 0 Å². The summed E-state index contributed by atoms with van der Waals surface area (Å²) in [6.45, 7) is 8.60. The van der Waals surface area contributed by atoms with Crippen molar-refractivity contribution in [3.8, 4) is 0 Å². The van der Waals surface area contributed by atoms with Gasteiger partial charge in [0.15, 0.2) is 0 Å². The van der Waals surface area contributed by atoms with E-state index < -0.39 is 0 Å². The van der Waals surface area contributed by atoms with Gasteiger partial charge in [0.25, 0.3) is 0 Å². The molecule has 3 aliphatic rings. The molecule has 3 atom stereocenters. The van der Waals surface area contributed by atoms with Crippen molar-refractivity contribution in [3.05, 3.63) is 0 Å². The molecule has 15 heavy (non-hydrogen) atoms. The zero-order valence-corrected chi connectivity index (χ0v) is 11.5. The SMILES string of the molecule is CC1CC2(CN3CCNCC3)CC2N1I. The number of hydrogen-bond donors (Lipinski definition) is 1. The molecule has 0 aromatic rings. The van der Waals surface area contributed by atoms with Gasteiger partial charge in [0, 0.05) is 73.1 Å². The Balaban J connectivity index is 1.60. The molecule has 3 rings (SSSR count). The maximum atomic E-state index is 3.43. The summed E-state index contributed by atoms with van der Waals surface area (Å²) >= 11 is 2.53. The molecule has 3 fully saturated rings. The molecule has 1 saturated carbocycles. The minimum atomic E-state index is 0.679. The summed E-state index contributed by atoms with van der Waals surface area (Å²) < 4.78 is 2.57. The summed E-state index contributed by atoms with van der Waals surface area (Å²) in [5.74, 6) is 0. The van der Waals surface area contributed by atoms with Crippen LogP contribution in [0.15, 0.2) is 0 Å². The molecule has 0 bridgehead atoms. The van der Waals surface area contributed by atoms with E-state index in [0.29, 0.717) is 5.41 Å². The highest BCUT2D eigenvalue weighted by Crippen LogP contribution is 2.60. The van der Waals surface area contributed by atoms with Crippen molar-refractivity contribution in [2.24, 2.45) is 5.41 Å². The van der Waals surface area contributed by atoms with Crippen LogP contribution in [0, 0.1) is 5.41 Å². The maximum absolute atomic E-state index is 3.43. The van der Waals surface area contributed by atoms with Crippen LogP contribution in [0.4, 0.5) is 0 Å². The molecule has 0 spiro atoms. The molecule has 1 aliphatic carbocycles. The van der Waals surface area contributed by atoms with E-state index in [4.69, 9.17) is 0 Å². The number of hydrogen-bond acceptors (Lipinski definition) is 3.